The first kappa shape index (κ1) is 52.2. The van der Waals surface area contributed by atoms with Crippen LogP contribution in [0.15, 0.2) is 83.8 Å². The van der Waals surface area contributed by atoms with Crippen LogP contribution in [0.5, 0.6) is 23.0 Å². The Hall–Kier alpha value is -7.64. The number of pyridine rings is 2. The molecule has 2 aromatic carbocycles. The molecule has 6 heterocycles. The topological polar surface area (TPSA) is 266 Å². The number of nitriles is 2. The van der Waals surface area contributed by atoms with Crippen LogP contribution in [0.2, 0.25) is 0 Å². The molecule has 24 heteroatoms. The lowest BCUT2D eigenvalue weighted by Crippen LogP contribution is -2.24. The van der Waals surface area contributed by atoms with Gasteiger partial charge in [0.15, 0.2) is 53.0 Å². The van der Waals surface area contributed by atoms with Crippen molar-refractivity contribution in [1.82, 2.24) is 49.5 Å². The molecule has 0 N–H and O–H groups in total. The number of thiazole rings is 2. The van der Waals surface area contributed by atoms with Crippen LogP contribution in [0.25, 0.3) is 33.0 Å². The average molecular weight is 1050 g/mol. The van der Waals surface area contributed by atoms with Crippen LogP contribution < -0.4 is 18.9 Å². The van der Waals surface area contributed by atoms with E-state index in [9.17, 15) is 16.8 Å². The lowest BCUT2D eigenvalue weighted by atomic mass is 10.2. The van der Waals surface area contributed by atoms with Gasteiger partial charge in [-0.05, 0) is 76.2 Å². The number of rotatable bonds is 18. The number of benzene rings is 2. The van der Waals surface area contributed by atoms with Crippen LogP contribution in [0.3, 0.4) is 0 Å². The van der Waals surface area contributed by atoms with E-state index in [1.807, 2.05) is 36.7 Å². The van der Waals surface area contributed by atoms with E-state index in [1.165, 1.54) is 63.5 Å². The molecule has 0 bridgehead atoms. The maximum absolute atomic E-state index is 13.4. The Balaban J connectivity index is 0.000000211. The average Bonchev–Trinajstić information content (AvgIpc) is 4.21. The summed E-state index contributed by atoms with van der Waals surface area (Å²) in [5.41, 5.74) is 4.59. The Bertz CT molecular complexity index is 3230. The van der Waals surface area contributed by atoms with E-state index in [0.717, 1.165) is 11.4 Å². The van der Waals surface area contributed by atoms with Gasteiger partial charge in [0.25, 0.3) is 0 Å². The molecule has 72 heavy (non-hydrogen) atoms. The van der Waals surface area contributed by atoms with Gasteiger partial charge in [0.2, 0.25) is 0 Å². The Morgan fingerprint density at radius 1 is 0.569 bits per heavy atom. The van der Waals surface area contributed by atoms with Gasteiger partial charge in [0.05, 0.1) is 50.1 Å². The summed E-state index contributed by atoms with van der Waals surface area (Å²) < 4.78 is 79.3. The minimum Gasteiger partial charge on any atom is -0.494 e. The van der Waals surface area contributed by atoms with Crippen molar-refractivity contribution in [2.24, 2.45) is 0 Å². The first-order chi connectivity index (χ1) is 34.5. The Kier molecular flexibility index (Phi) is 16.4. The van der Waals surface area contributed by atoms with E-state index in [2.05, 4.69) is 40.3 Å². The number of hydrogen-bond donors (Lipinski definition) is 0. The van der Waals surface area contributed by atoms with Gasteiger partial charge >= 0.3 is 0 Å². The minimum absolute atomic E-state index is 0.193. The van der Waals surface area contributed by atoms with Crippen molar-refractivity contribution in [3.05, 3.63) is 129 Å². The summed E-state index contributed by atoms with van der Waals surface area (Å²) in [6, 6.07) is 21.2. The largest absolute Gasteiger partial charge is 0.494 e. The Morgan fingerprint density at radius 3 is 1.21 bits per heavy atom. The molecule has 8 aromatic rings. The van der Waals surface area contributed by atoms with Crippen molar-refractivity contribution in [2.45, 2.75) is 62.5 Å². The number of aryl methyl sites for hydroxylation is 2. The van der Waals surface area contributed by atoms with E-state index in [1.54, 1.807) is 83.6 Å². The third-order valence-electron chi connectivity index (χ3n) is 11.1. The first-order valence-electron chi connectivity index (χ1n) is 21.8. The second-order valence-electron chi connectivity index (χ2n) is 16.1. The molecule has 0 spiro atoms. The fourth-order valence-corrected chi connectivity index (χ4v) is 11.3. The van der Waals surface area contributed by atoms with E-state index in [4.69, 9.17) is 29.5 Å². The monoisotopic (exact) mass is 1050 g/mol. The molecule has 20 nitrogen and oxygen atoms in total. The Labute approximate surface area is 424 Å². The molecule has 0 radical (unpaired) electrons. The molecule has 2 atom stereocenters. The van der Waals surface area contributed by atoms with E-state index in [0.29, 0.717) is 78.6 Å². The fourth-order valence-electron chi connectivity index (χ4n) is 7.29. The lowest BCUT2D eigenvalue weighted by molar-refractivity contribution is 0.390. The summed E-state index contributed by atoms with van der Waals surface area (Å²) in [6.07, 6.45) is 3.25. The summed E-state index contributed by atoms with van der Waals surface area (Å²) in [6.45, 7) is 7.00. The molecule has 0 aliphatic rings. The molecule has 6 aromatic heterocycles. The highest BCUT2D eigenvalue weighted by atomic mass is 32.2. The van der Waals surface area contributed by atoms with Crippen molar-refractivity contribution in [3.63, 3.8) is 0 Å². The SMILES string of the molecule is COc1cccc(OC)c1-n1c(CS(=O)(=O)[C@@H](C)Cc2ccc(C#N)cn2)nnc1-c1nc(C)cs1.COc1cccc(OC)c1-n1c(CS(=O)(=O)[C@H](C)Cc2ccc(C#N)cn2)nnc1-c1nc(C)cs1. The normalized spacial score (nSPS) is 12.2. The van der Waals surface area contributed by atoms with Crippen LogP contribution in [-0.2, 0) is 44.0 Å². The standard InChI is InChI=1S/2C24H24N6O4S2/c2*1-15-13-35-24(27-15)23-29-28-21(30(23)22-19(33-3)6-5-7-20(22)34-4)14-36(31,32)16(2)10-18-9-8-17(11-25)12-26-18/h2*5-9,12-13,16H,10,14H2,1-4H3/t2*16-/m10/s1. The summed E-state index contributed by atoms with van der Waals surface area (Å²) >= 11 is 2.77. The molecule has 0 aliphatic carbocycles. The number of methoxy groups -OCH3 is 4. The fraction of sp³-hybridized carbons (Fsp3) is 0.292. The van der Waals surface area contributed by atoms with E-state index < -0.39 is 30.2 Å². The second kappa shape index (κ2) is 22.6. The molecule has 0 unspecified atom stereocenters. The van der Waals surface area contributed by atoms with Crippen molar-refractivity contribution >= 4 is 42.3 Å². The summed E-state index contributed by atoms with van der Waals surface area (Å²) in [7, 11) is -1.27. The zero-order valence-corrected chi connectivity index (χ0v) is 43.6. The summed E-state index contributed by atoms with van der Waals surface area (Å²) in [5.74, 6) is 2.33. The van der Waals surface area contributed by atoms with Gasteiger partial charge in [0.1, 0.15) is 58.0 Å². The number of sulfone groups is 2. The molecule has 8 rings (SSSR count). The van der Waals surface area contributed by atoms with Crippen LogP contribution in [0.1, 0.15) is 59.4 Å². The number of para-hydroxylation sites is 2. The van der Waals surface area contributed by atoms with Crippen molar-refractivity contribution in [2.75, 3.05) is 28.4 Å². The third kappa shape index (κ3) is 11.6. The van der Waals surface area contributed by atoms with Gasteiger partial charge < -0.3 is 18.9 Å². The summed E-state index contributed by atoms with van der Waals surface area (Å²) in [4.78, 5) is 17.5. The van der Waals surface area contributed by atoms with Gasteiger partial charge in [-0.15, -0.1) is 43.1 Å². The highest BCUT2D eigenvalue weighted by molar-refractivity contribution is 7.91. The van der Waals surface area contributed by atoms with Crippen molar-refractivity contribution in [1.29, 1.82) is 10.5 Å². The number of ether oxygens (including phenoxy) is 4. The quantitative estimate of drug-likeness (QED) is 0.0832. The van der Waals surface area contributed by atoms with Crippen LogP contribution >= 0.6 is 22.7 Å². The maximum Gasteiger partial charge on any atom is 0.197 e. The lowest BCUT2D eigenvalue weighted by Gasteiger charge is -2.18. The highest BCUT2D eigenvalue weighted by Crippen LogP contribution is 2.39. The zero-order chi connectivity index (χ0) is 51.7. The molecular formula is C48H48N12O8S4. The minimum atomic E-state index is -3.69. The second-order valence-corrected chi connectivity index (χ2v) is 22.7. The molecule has 372 valence electrons. The highest BCUT2D eigenvalue weighted by Gasteiger charge is 2.32. The van der Waals surface area contributed by atoms with Crippen LogP contribution in [-0.4, -0.2) is 105 Å². The van der Waals surface area contributed by atoms with Crippen LogP contribution in [0.4, 0.5) is 0 Å². The predicted molar refractivity (Wildman–Crippen MR) is 270 cm³/mol. The molecular weight excluding hydrogens is 1000 g/mol. The first-order valence-corrected chi connectivity index (χ1v) is 27.0. The van der Waals surface area contributed by atoms with Crippen molar-refractivity contribution < 1.29 is 35.8 Å². The molecule has 0 saturated heterocycles. The zero-order valence-electron chi connectivity index (χ0n) is 40.3. The third-order valence-corrected chi connectivity index (χ3v) is 17.1. The predicted octanol–water partition coefficient (Wildman–Crippen LogP) is 7.06. The molecule has 0 fully saturated rings. The number of nitrogens with zero attached hydrogens (tertiary/aromatic N) is 12. The van der Waals surface area contributed by atoms with Crippen LogP contribution in [0, 0.1) is 36.5 Å². The van der Waals surface area contributed by atoms with E-state index in [-0.39, 0.29) is 36.0 Å². The number of aromatic nitrogens is 10. The smallest absolute Gasteiger partial charge is 0.197 e. The maximum atomic E-state index is 13.4. The van der Waals surface area contributed by atoms with E-state index >= 15 is 0 Å². The molecule has 0 aliphatic heterocycles. The number of hydrogen-bond acceptors (Lipinski definition) is 20. The van der Waals surface area contributed by atoms with Crippen molar-refractivity contribution in [3.8, 4) is 68.2 Å². The van der Waals surface area contributed by atoms with Gasteiger partial charge in [-0.2, -0.15) is 10.5 Å². The molecule has 0 saturated carbocycles. The summed E-state index contributed by atoms with van der Waals surface area (Å²) in [5, 5.41) is 38.5. The van der Waals surface area contributed by atoms with Gasteiger partial charge in [-0.1, -0.05) is 12.1 Å². The Morgan fingerprint density at radius 2 is 0.931 bits per heavy atom. The van der Waals surface area contributed by atoms with Gasteiger partial charge in [0, 0.05) is 58.8 Å². The van der Waals surface area contributed by atoms with Gasteiger partial charge in [-0.3, -0.25) is 19.1 Å². The van der Waals surface area contributed by atoms with Gasteiger partial charge in [-0.25, -0.2) is 26.8 Å². The molecule has 0 amide bonds.